The van der Waals surface area contributed by atoms with E-state index in [0.29, 0.717) is 13.1 Å². The highest BCUT2D eigenvalue weighted by Gasteiger charge is 2.35. The van der Waals surface area contributed by atoms with Crippen molar-refractivity contribution in [2.24, 2.45) is 0 Å². The molecule has 0 radical (unpaired) electrons. The molecule has 5 nitrogen and oxygen atoms in total. The van der Waals surface area contributed by atoms with Crippen LogP contribution in [0.4, 0.5) is 10.5 Å². The number of hydrogen-bond acceptors (Lipinski definition) is 3. The Morgan fingerprint density at radius 1 is 1.04 bits per heavy atom. The lowest BCUT2D eigenvalue weighted by molar-refractivity contribution is 0.137. The lowest BCUT2D eigenvalue weighted by Crippen LogP contribution is -2.48. The molecular weight excluding hydrogens is 292 g/mol. The minimum Gasteiger partial charge on any atom is -0.487 e. The molecule has 1 fully saturated rings. The van der Waals surface area contributed by atoms with Gasteiger partial charge in [-0.15, -0.1) is 0 Å². The summed E-state index contributed by atoms with van der Waals surface area (Å²) in [6.45, 7) is 13.3. The standard InChI is InChI=1S/C18H26N2O3/c1-11-12(2)16-14(10-18(4,5)23-16)13(3)15(11)19-6-8-20(9-7-19)17(21)22/h6-10H2,1-5H3,(H,21,22). The highest BCUT2D eigenvalue weighted by atomic mass is 16.5. The maximum absolute atomic E-state index is 11.1. The van der Waals surface area contributed by atoms with E-state index in [-0.39, 0.29) is 5.60 Å². The first-order valence-electron chi connectivity index (χ1n) is 8.26. The van der Waals surface area contributed by atoms with Crippen LogP contribution in [-0.2, 0) is 6.42 Å². The summed E-state index contributed by atoms with van der Waals surface area (Å²) in [6, 6.07) is 0. The average molecular weight is 318 g/mol. The van der Waals surface area contributed by atoms with Crippen LogP contribution >= 0.6 is 0 Å². The van der Waals surface area contributed by atoms with Crippen molar-refractivity contribution in [2.75, 3.05) is 31.1 Å². The second-order valence-electron chi connectivity index (χ2n) is 7.33. The van der Waals surface area contributed by atoms with Gasteiger partial charge in [0.1, 0.15) is 11.4 Å². The molecule has 0 saturated carbocycles. The van der Waals surface area contributed by atoms with Crippen LogP contribution in [0.3, 0.4) is 0 Å². The molecular formula is C18H26N2O3. The molecule has 0 spiro atoms. The molecule has 2 aliphatic heterocycles. The van der Waals surface area contributed by atoms with Gasteiger partial charge < -0.3 is 19.6 Å². The zero-order valence-corrected chi connectivity index (χ0v) is 14.7. The summed E-state index contributed by atoms with van der Waals surface area (Å²) in [5.74, 6) is 1.05. The SMILES string of the molecule is Cc1c(C)c(N2CCN(C(=O)O)CC2)c(C)c2c1OC(C)(C)C2. The van der Waals surface area contributed by atoms with E-state index in [2.05, 4.69) is 39.5 Å². The Balaban J connectivity index is 1.96. The molecule has 5 heteroatoms. The maximum atomic E-state index is 11.1. The molecule has 1 saturated heterocycles. The van der Waals surface area contributed by atoms with Gasteiger partial charge in [-0.3, -0.25) is 0 Å². The molecule has 2 heterocycles. The number of amides is 1. The predicted molar refractivity (Wildman–Crippen MR) is 90.9 cm³/mol. The van der Waals surface area contributed by atoms with E-state index in [0.717, 1.165) is 25.3 Å². The topological polar surface area (TPSA) is 53.0 Å². The van der Waals surface area contributed by atoms with Gasteiger partial charge in [0.15, 0.2) is 0 Å². The predicted octanol–water partition coefficient (Wildman–Crippen LogP) is 3.13. The smallest absolute Gasteiger partial charge is 0.407 e. The van der Waals surface area contributed by atoms with Crippen LogP contribution in [0, 0.1) is 20.8 Å². The Morgan fingerprint density at radius 3 is 2.22 bits per heavy atom. The molecule has 1 N–H and O–H groups in total. The number of piperazine rings is 1. The van der Waals surface area contributed by atoms with Gasteiger partial charge in [0.25, 0.3) is 0 Å². The Bertz CT molecular complexity index is 659. The molecule has 3 rings (SSSR count). The Hall–Kier alpha value is -1.91. The lowest BCUT2D eigenvalue weighted by Gasteiger charge is -2.37. The van der Waals surface area contributed by atoms with E-state index in [4.69, 9.17) is 9.84 Å². The summed E-state index contributed by atoms with van der Waals surface area (Å²) in [5, 5.41) is 9.12. The third kappa shape index (κ3) is 2.62. The minimum atomic E-state index is -0.821. The third-order valence-corrected chi connectivity index (χ3v) is 5.19. The highest BCUT2D eigenvalue weighted by Crippen LogP contribution is 2.45. The fourth-order valence-electron chi connectivity index (χ4n) is 3.85. The second kappa shape index (κ2) is 5.32. The minimum absolute atomic E-state index is 0.148. The van der Waals surface area contributed by atoms with Crippen LogP contribution in [-0.4, -0.2) is 47.9 Å². The van der Waals surface area contributed by atoms with Crippen molar-refractivity contribution in [3.05, 3.63) is 22.3 Å². The fraction of sp³-hybridized carbons (Fsp3) is 0.611. The van der Waals surface area contributed by atoms with Crippen molar-refractivity contribution < 1.29 is 14.6 Å². The van der Waals surface area contributed by atoms with E-state index in [1.807, 2.05) is 0 Å². The summed E-state index contributed by atoms with van der Waals surface area (Å²) in [6.07, 6.45) is 0.107. The first-order chi connectivity index (χ1) is 10.7. The van der Waals surface area contributed by atoms with Gasteiger partial charge >= 0.3 is 6.09 Å². The summed E-state index contributed by atoms with van der Waals surface area (Å²) >= 11 is 0. The number of fused-ring (bicyclic) bond motifs is 1. The zero-order chi connectivity index (χ0) is 16.9. The first kappa shape index (κ1) is 16.0. The fourth-order valence-corrected chi connectivity index (χ4v) is 3.85. The molecule has 23 heavy (non-hydrogen) atoms. The molecule has 126 valence electrons. The molecule has 0 aromatic heterocycles. The van der Waals surface area contributed by atoms with Gasteiger partial charge in [-0.05, 0) is 51.3 Å². The van der Waals surface area contributed by atoms with Gasteiger partial charge in [0, 0.05) is 43.9 Å². The highest BCUT2D eigenvalue weighted by molar-refractivity contribution is 5.71. The van der Waals surface area contributed by atoms with Crippen molar-refractivity contribution in [1.82, 2.24) is 4.90 Å². The van der Waals surface area contributed by atoms with Gasteiger partial charge in [0.2, 0.25) is 0 Å². The quantitative estimate of drug-likeness (QED) is 0.864. The third-order valence-electron chi connectivity index (χ3n) is 5.19. The van der Waals surface area contributed by atoms with Gasteiger partial charge in [-0.1, -0.05) is 0 Å². The van der Waals surface area contributed by atoms with Crippen LogP contribution in [0.5, 0.6) is 5.75 Å². The first-order valence-corrected chi connectivity index (χ1v) is 8.26. The van der Waals surface area contributed by atoms with Crippen molar-refractivity contribution >= 4 is 11.8 Å². The van der Waals surface area contributed by atoms with Crippen molar-refractivity contribution in [3.63, 3.8) is 0 Å². The molecule has 1 aromatic carbocycles. The molecule has 0 bridgehead atoms. The summed E-state index contributed by atoms with van der Waals surface area (Å²) in [4.78, 5) is 14.9. The van der Waals surface area contributed by atoms with E-state index in [1.54, 1.807) is 0 Å². The van der Waals surface area contributed by atoms with Gasteiger partial charge in [0.05, 0.1) is 0 Å². The van der Waals surface area contributed by atoms with Crippen molar-refractivity contribution in [1.29, 1.82) is 0 Å². The molecule has 1 amide bonds. The number of rotatable bonds is 1. The lowest BCUT2D eigenvalue weighted by atomic mass is 9.92. The number of anilines is 1. The maximum Gasteiger partial charge on any atom is 0.407 e. The number of hydrogen-bond donors (Lipinski definition) is 1. The Kier molecular flexibility index (Phi) is 3.69. The Morgan fingerprint density at radius 2 is 1.65 bits per heavy atom. The normalized spacial score (nSPS) is 19.5. The van der Waals surface area contributed by atoms with Crippen LogP contribution in [0.25, 0.3) is 0 Å². The van der Waals surface area contributed by atoms with E-state index >= 15 is 0 Å². The number of nitrogens with zero attached hydrogens (tertiary/aromatic N) is 2. The van der Waals surface area contributed by atoms with Gasteiger partial charge in [-0.2, -0.15) is 0 Å². The van der Waals surface area contributed by atoms with Crippen LogP contribution in [0.2, 0.25) is 0 Å². The summed E-state index contributed by atoms with van der Waals surface area (Å²) in [5.41, 5.74) is 6.19. The number of carboxylic acid groups (broad SMARTS) is 1. The average Bonchev–Trinajstić information content (AvgIpc) is 2.82. The summed E-state index contributed by atoms with van der Waals surface area (Å²) < 4.78 is 6.17. The molecule has 1 aromatic rings. The van der Waals surface area contributed by atoms with E-state index in [1.165, 1.54) is 32.8 Å². The zero-order valence-electron chi connectivity index (χ0n) is 14.7. The molecule has 0 atom stereocenters. The molecule has 2 aliphatic rings. The van der Waals surface area contributed by atoms with Crippen LogP contribution in [0.15, 0.2) is 0 Å². The van der Waals surface area contributed by atoms with Crippen molar-refractivity contribution in [3.8, 4) is 5.75 Å². The number of benzene rings is 1. The molecule has 0 unspecified atom stereocenters. The van der Waals surface area contributed by atoms with Crippen LogP contribution < -0.4 is 9.64 Å². The molecule has 0 aliphatic carbocycles. The number of carbonyl (C=O) groups is 1. The second-order valence-corrected chi connectivity index (χ2v) is 7.33. The van der Waals surface area contributed by atoms with Crippen LogP contribution in [0.1, 0.15) is 36.1 Å². The monoisotopic (exact) mass is 318 g/mol. The Labute approximate surface area is 137 Å². The number of ether oxygens (including phenoxy) is 1. The van der Waals surface area contributed by atoms with E-state index < -0.39 is 6.09 Å². The van der Waals surface area contributed by atoms with E-state index in [9.17, 15) is 4.79 Å². The largest absolute Gasteiger partial charge is 0.487 e. The summed E-state index contributed by atoms with van der Waals surface area (Å²) in [7, 11) is 0. The van der Waals surface area contributed by atoms with Crippen molar-refractivity contribution in [2.45, 2.75) is 46.6 Å². The van der Waals surface area contributed by atoms with Gasteiger partial charge in [-0.25, -0.2) is 4.79 Å².